The van der Waals surface area contributed by atoms with Crippen LogP contribution >= 0.6 is 0 Å². The van der Waals surface area contributed by atoms with Crippen LogP contribution in [0.2, 0.25) is 0 Å². The number of nitrogens with one attached hydrogen (secondary N) is 1. The highest BCUT2D eigenvalue weighted by Gasteiger charge is 2.16. The molecule has 0 saturated carbocycles. The summed E-state index contributed by atoms with van der Waals surface area (Å²) in [5, 5.41) is 8.66. The third-order valence-corrected chi connectivity index (χ3v) is 3.89. The van der Waals surface area contributed by atoms with Crippen molar-refractivity contribution < 1.29 is 18.3 Å². The van der Waals surface area contributed by atoms with Crippen molar-refractivity contribution in [2.24, 2.45) is 5.73 Å². The summed E-state index contributed by atoms with van der Waals surface area (Å²) in [5.41, 5.74) is 5.28. The minimum atomic E-state index is -3.71. The molecule has 0 fully saturated rings. The molecule has 1 amide bonds. The van der Waals surface area contributed by atoms with Crippen molar-refractivity contribution in [2.75, 3.05) is 13.2 Å². The van der Waals surface area contributed by atoms with Gasteiger partial charge in [0.25, 0.3) is 0 Å². The minimum absolute atomic E-state index is 0.0417. The standard InChI is InChI=1S/C13H16N2O4S/c14-13(17)8-3-9-15-20(18,19)12-7-2-1-5-11(12)6-4-10-16/h1-2,5,7,15-16H,3,8-10H2,(H2,14,17). The topological polar surface area (TPSA) is 109 Å². The van der Waals surface area contributed by atoms with Crippen molar-refractivity contribution in [2.45, 2.75) is 17.7 Å². The maximum absolute atomic E-state index is 12.1. The van der Waals surface area contributed by atoms with Crippen LogP contribution in [0.25, 0.3) is 0 Å². The number of sulfonamides is 1. The zero-order chi connectivity index (χ0) is 15.0. The number of aliphatic hydroxyl groups excluding tert-OH is 1. The molecular weight excluding hydrogens is 280 g/mol. The lowest BCUT2D eigenvalue weighted by Crippen LogP contribution is -2.26. The average molecular weight is 296 g/mol. The molecule has 0 radical (unpaired) electrons. The van der Waals surface area contributed by atoms with Gasteiger partial charge in [0, 0.05) is 18.5 Å². The molecule has 0 aliphatic heterocycles. The Kier molecular flexibility index (Phi) is 6.18. The summed E-state index contributed by atoms with van der Waals surface area (Å²) in [7, 11) is -3.71. The third kappa shape index (κ3) is 5.01. The van der Waals surface area contributed by atoms with Crippen LogP contribution in [0.15, 0.2) is 29.2 Å². The van der Waals surface area contributed by atoms with E-state index in [2.05, 4.69) is 16.6 Å². The highest BCUT2D eigenvalue weighted by atomic mass is 32.2. The van der Waals surface area contributed by atoms with E-state index in [-0.39, 0.29) is 24.5 Å². The van der Waals surface area contributed by atoms with Crippen LogP contribution in [0, 0.1) is 11.8 Å². The van der Waals surface area contributed by atoms with Gasteiger partial charge in [0.15, 0.2) is 0 Å². The van der Waals surface area contributed by atoms with Crippen LogP contribution in [-0.2, 0) is 14.8 Å². The maximum atomic E-state index is 12.1. The Morgan fingerprint density at radius 2 is 2.05 bits per heavy atom. The van der Waals surface area contributed by atoms with Gasteiger partial charge < -0.3 is 10.8 Å². The molecular formula is C13H16N2O4S. The summed E-state index contributed by atoms with van der Waals surface area (Å²) >= 11 is 0. The number of benzene rings is 1. The molecule has 6 nitrogen and oxygen atoms in total. The van der Waals surface area contributed by atoms with Crippen molar-refractivity contribution in [1.82, 2.24) is 4.72 Å². The quantitative estimate of drug-likeness (QED) is 0.489. The second-order valence-corrected chi connectivity index (χ2v) is 5.66. The monoisotopic (exact) mass is 296 g/mol. The number of carbonyl (C=O) groups is 1. The molecule has 0 spiro atoms. The van der Waals surface area contributed by atoms with Gasteiger partial charge in [-0.2, -0.15) is 0 Å². The number of hydrogen-bond acceptors (Lipinski definition) is 4. The van der Waals surface area contributed by atoms with Crippen molar-refractivity contribution in [1.29, 1.82) is 0 Å². The number of rotatable bonds is 6. The Balaban J connectivity index is 2.84. The molecule has 1 rings (SSSR count). The second-order valence-electron chi connectivity index (χ2n) is 3.92. The molecule has 4 N–H and O–H groups in total. The van der Waals surface area contributed by atoms with E-state index >= 15 is 0 Å². The summed E-state index contributed by atoms with van der Waals surface area (Å²) in [6.45, 7) is -0.229. The molecule has 0 unspecified atom stereocenters. The van der Waals surface area contributed by atoms with Crippen molar-refractivity contribution in [3.05, 3.63) is 29.8 Å². The van der Waals surface area contributed by atoms with Crippen LogP contribution in [0.1, 0.15) is 18.4 Å². The first-order chi connectivity index (χ1) is 9.47. The van der Waals surface area contributed by atoms with Gasteiger partial charge in [-0.1, -0.05) is 24.0 Å². The van der Waals surface area contributed by atoms with E-state index in [1.807, 2.05) is 0 Å². The van der Waals surface area contributed by atoms with Gasteiger partial charge in [0.1, 0.15) is 6.61 Å². The molecule has 0 atom stereocenters. The number of aliphatic hydroxyl groups is 1. The Hall–Kier alpha value is -1.88. The second kappa shape index (κ2) is 7.65. The summed E-state index contributed by atoms with van der Waals surface area (Å²) in [4.78, 5) is 10.6. The van der Waals surface area contributed by atoms with Crippen LogP contribution in [0.4, 0.5) is 0 Å². The lowest BCUT2D eigenvalue weighted by Gasteiger charge is -2.08. The summed E-state index contributed by atoms with van der Waals surface area (Å²) in [5.74, 6) is 4.52. The fraction of sp³-hybridized carbons (Fsp3) is 0.308. The van der Waals surface area contributed by atoms with Crippen molar-refractivity contribution >= 4 is 15.9 Å². The lowest BCUT2D eigenvalue weighted by molar-refractivity contribution is -0.118. The summed E-state index contributed by atoms with van der Waals surface area (Å²) < 4.78 is 26.6. The van der Waals surface area contributed by atoms with Gasteiger partial charge in [-0.15, -0.1) is 0 Å². The van der Waals surface area contributed by atoms with Gasteiger partial charge in [-0.25, -0.2) is 13.1 Å². The Bertz CT molecular complexity index is 629. The van der Waals surface area contributed by atoms with Crippen LogP contribution in [-0.4, -0.2) is 32.6 Å². The average Bonchev–Trinajstić information content (AvgIpc) is 2.41. The first-order valence-electron chi connectivity index (χ1n) is 5.94. The molecule has 7 heteroatoms. The van der Waals surface area contributed by atoms with E-state index < -0.39 is 15.9 Å². The van der Waals surface area contributed by atoms with Gasteiger partial charge in [0.2, 0.25) is 15.9 Å². The SMILES string of the molecule is NC(=O)CCCNS(=O)(=O)c1ccccc1C#CCO. The Labute approximate surface area is 118 Å². The third-order valence-electron chi connectivity index (χ3n) is 2.37. The van der Waals surface area contributed by atoms with E-state index in [1.54, 1.807) is 18.2 Å². The molecule has 0 aromatic heterocycles. The predicted octanol–water partition coefficient (Wildman–Crippen LogP) is -0.426. The molecule has 0 heterocycles. The fourth-order valence-electron chi connectivity index (χ4n) is 1.49. The molecule has 0 aliphatic rings. The van der Waals surface area contributed by atoms with Gasteiger partial charge in [-0.3, -0.25) is 4.79 Å². The molecule has 0 saturated heterocycles. The fourth-order valence-corrected chi connectivity index (χ4v) is 2.72. The zero-order valence-corrected chi connectivity index (χ0v) is 11.6. The normalized spacial score (nSPS) is 10.7. The van der Waals surface area contributed by atoms with Crippen LogP contribution in [0.5, 0.6) is 0 Å². The number of carbonyl (C=O) groups excluding carboxylic acids is 1. The Morgan fingerprint density at radius 3 is 2.70 bits per heavy atom. The first-order valence-corrected chi connectivity index (χ1v) is 7.42. The maximum Gasteiger partial charge on any atom is 0.241 e. The van der Waals surface area contributed by atoms with E-state index in [9.17, 15) is 13.2 Å². The number of nitrogens with two attached hydrogens (primary N) is 1. The number of hydrogen-bond donors (Lipinski definition) is 3. The Morgan fingerprint density at radius 1 is 1.35 bits per heavy atom. The van der Waals surface area contributed by atoms with E-state index in [0.717, 1.165) is 0 Å². The van der Waals surface area contributed by atoms with Crippen molar-refractivity contribution in [3.63, 3.8) is 0 Å². The summed E-state index contributed by atoms with van der Waals surface area (Å²) in [6, 6.07) is 6.23. The highest BCUT2D eigenvalue weighted by Crippen LogP contribution is 2.14. The summed E-state index contributed by atoms with van der Waals surface area (Å²) in [6.07, 6.45) is 0.452. The molecule has 20 heavy (non-hydrogen) atoms. The van der Waals surface area contributed by atoms with Crippen molar-refractivity contribution in [3.8, 4) is 11.8 Å². The largest absolute Gasteiger partial charge is 0.384 e. The first kappa shape index (κ1) is 16.2. The molecule has 1 aromatic rings. The number of amides is 1. The van der Waals surface area contributed by atoms with E-state index in [0.29, 0.717) is 12.0 Å². The van der Waals surface area contributed by atoms with E-state index in [1.165, 1.54) is 6.07 Å². The van der Waals surface area contributed by atoms with E-state index in [4.69, 9.17) is 10.8 Å². The lowest BCUT2D eigenvalue weighted by atomic mass is 10.2. The van der Waals surface area contributed by atoms with Crippen LogP contribution in [0.3, 0.4) is 0 Å². The van der Waals surface area contributed by atoms with Crippen LogP contribution < -0.4 is 10.5 Å². The van der Waals surface area contributed by atoms with Gasteiger partial charge in [0.05, 0.1) is 4.90 Å². The van der Waals surface area contributed by atoms with Gasteiger partial charge >= 0.3 is 0 Å². The minimum Gasteiger partial charge on any atom is -0.384 e. The smallest absolute Gasteiger partial charge is 0.241 e. The zero-order valence-electron chi connectivity index (χ0n) is 10.8. The molecule has 0 aliphatic carbocycles. The number of primary amides is 1. The molecule has 0 bridgehead atoms. The molecule has 108 valence electrons. The molecule has 1 aromatic carbocycles. The van der Waals surface area contributed by atoms with Gasteiger partial charge in [-0.05, 0) is 18.6 Å². The highest BCUT2D eigenvalue weighted by molar-refractivity contribution is 7.89. The predicted molar refractivity (Wildman–Crippen MR) is 74.0 cm³/mol.